The predicted octanol–water partition coefficient (Wildman–Crippen LogP) is 3.53. The van der Waals surface area contributed by atoms with Crippen LogP contribution in [0, 0.1) is 12.7 Å². The number of hydrogen-bond donors (Lipinski definition) is 1. The molecule has 1 aliphatic heterocycles. The predicted molar refractivity (Wildman–Crippen MR) is 110 cm³/mol. The number of benzene rings is 2. The second-order valence-corrected chi connectivity index (χ2v) is 7.46. The molecule has 0 spiro atoms. The third kappa shape index (κ3) is 3.88. The van der Waals surface area contributed by atoms with Crippen LogP contribution in [0.25, 0.3) is 10.9 Å². The monoisotopic (exact) mass is 393 g/mol. The summed E-state index contributed by atoms with van der Waals surface area (Å²) in [6.45, 7) is 3.97. The number of H-pyrrole nitrogens is 1. The lowest BCUT2D eigenvalue weighted by molar-refractivity contribution is -0.130. The minimum atomic E-state index is -0.510. The molecule has 0 bridgehead atoms. The van der Waals surface area contributed by atoms with E-state index in [4.69, 9.17) is 0 Å². The highest BCUT2D eigenvalue weighted by atomic mass is 19.1. The Balaban J connectivity index is 1.44. The summed E-state index contributed by atoms with van der Waals surface area (Å²) in [5.41, 5.74) is 3.15. The molecule has 1 aliphatic rings. The fourth-order valence-corrected chi connectivity index (χ4v) is 4.00. The van der Waals surface area contributed by atoms with Gasteiger partial charge in [-0.15, -0.1) is 0 Å². The maximum absolute atomic E-state index is 14.0. The number of aryl methyl sites for hydroxylation is 1. The van der Waals surface area contributed by atoms with Gasteiger partial charge in [-0.25, -0.2) is 4.39 Å². The van der Waals surface area contributed by atoms with Crippen molar-refractivity contribution < 1.29 is 14.0 Å². The molecule has 3 aromatic rings. The second kappa shape index (κ2) is 8.07. The maximum atomic E-state index is 14.0. The van der Waals surface area contributed by atoms with Crippen molar-refractivity contribution in [2.24, 2.45) is 0 Å². The van der Waals surface area contributed by atoms with Crippen LogP contribution >= 0.6 is 0 Å². The number of rotatable bonds is 3. The van der Waals surface area contributed by atoms with Gasteiger partial charge in [0.05, 0.1) is 12.0 Å². The standard InChI is InChI=1S/C23H24FN3O2/c1-16-19(17-7-3-5-10-21(17)25-16)15-22(28)26-11-6-12-27(14-13-26)23(29)18-8-2-4-9-20(18)24/h2-5,7-10,25H,6,11-15H2,1H3. The molecule has 29 heavy (non-hydrogen) atoms. The number of aromatic amines is 1. The van der Waals surface area contributed by atoms with E-state index in [1.165, 1.54) is 12.1 Å². The van der Waals surface area contributed by atoms with Crippen LogP contribution in [0.5, 0.6) is 0 Å². The molecule has 1 aromatic heterocycles. The molecule has 0 radical (unpaired) electrons. The molecule has 0 unspecified atom stereocenters. The molecule has 2 heterocycles. The molecular formula is C23H24FN3O2. The van der Waals surface area contributed by atoms with Crippen molar-refractivity contribution in [2.75, 3.05) is 26.2 Å². The molecule has 4 rings (SSSR count). The topological polar surface area (TPSA) is 56.4 Å². The first-order valence-electron chi connectivity index (χ1n) is 9.92. The Kier molecular flexibility index (Phi) is 5.34. The van der Waals surface area contributed by atoms with Crippen LogP contribution in [-0.2, 0) is 11.2 Å². The normalized spacial score (nSPS) is 14.8. The van der Waals surface area contributed by atoms with Gasteiger partial charge >= 0.3 is 0 Å². The van der Waals surface area contributed by atoms with Gasteiger partial charge in [-0.05, 0) is 37.1 Å². The van der Waals surface area contributed by atoms with E-state index in [-0.39, 0.29) is 17.4 Å². The average molecular weight is 393 g/mol. The lowest BCUT2D eigenvalue weighted by Crippen LogP contribution is -2.38. The Morgan fingerprint density at radius 3 is 2.48 bits per heavy atom. The van der Waals surface area contributed by atoms with Crippen LogP contribution in [0.3, 0.4) is 0 Å². The molecular weight excluding hydrogens is 369 g/mol. The average Bonchev–Trinajstić information content (AvgIpc) is 2.89. The minimum absolute atomic E-state index is 0.0537. The first kappa shape index (κ1) is 19.2. The molecule has 1 fully saturated rings. The summed E-state index contributed by atoms with van der Waals surface area (Å²) in [6.07, 6.45) is 1.01. The Hall–Kier alpha value is -3.15. The molecule has 0 atom stereocenters. The van der Waals surface area contributed by atoms with E-state index in [2.05, 4.69) is 4.98 Å². The van der Waals surface area contributed by atoms with Crippen LogP contribution in [0.4, 0.5) is 4.39 Å². The van der Waals surface area contributed by atoms with Gasteiger partial charge in [0.1, 0.15) is 5.82 Å². The van der Waals surface area contributed by atoms with Crippen LogP contribution in [0.15, 0.2) is 48.5 Å². The SMILES string of the molecule is Cc1[nH]c2ccccc2c1CC(=O)N1CCCN(C(=O)c2ccccc2F)CC1. The van der Waals surface area contributed by atoms with Gasteiger partial charge in [0.2, 0.25) is 5.91 Å². The van der Waals surface area contributed by atoms with Gasteiger partial charge in [0.15, 0.2) is 0 Å². The van der Waals surface area contributed by atoms with Crippen molar-refractivity contribution >= 4 is 22.7 Å². The Morgan fingerprint density at radius 1 is 0.966 bits per heavy atom. The van der Waals surface area contributed by atoms with Gasteiger partial charge in [0.25, 0.3) is 5.91 Å². The highest BCUT2D eigenvalue weighted by molar-refractivity contribution is 5.94. The quantitative estimate of drug-likeness (QED) is 0.740. The van der Waals surface area contributed by atoms with Crippen molar-refractivity contribution in [2.45, 2.75) is 19.8 Å². The van der Waals surface area contributed by atoms with Crippen molar-refractivity contribution in [3.05, 3.63) is 71.2 Å². The summed E-state index contributed by atoms with van der Waals surface area (Å²) in [6, 6.07) is 14.0. The fraction of sp³-hybridized carbons (Fsp3) is 0.304. The molecule has 0 aliphatic carbocycles. The Bertz CT molecular complexity index is 1060. The van der Waals surface area contributed by atoms with E-state index < -0.39 is 5.82 Å². The number of nitrogens with zero attached hydrogens (tertiary/aromatic N) is 2. The number of carbonyl (C=O) groups is 2. The maximum Gasteiger partial charge on any atom is 0.256 e. The van der Waals surface area contributed by atoms with Crippen LogP contribution in [0.2, 0.25) is 0 Å². The van der Waals surface area contributed by atoms with Gasteiger partial charge in [-0.3, -0.25) is 9.59 Å². The molecule has 2 amide bonds. The number of halogens is 1. The van der Waals surface area contributed by atoms with E-state index in [0.717, 1.165) is 22.2 Å². The summed E-state index contributed by atoms with van der Waals surface area (Å²) in [5, 5.41) is 1.07. The molecule has 6 heteroatoms. The highest BCUT2D eigenvalue weighted by Gasteiger charge is 2.25. The Labute approximate surface area is 169 Å². The minimum Gasteiger partial charge on any atom is -0.358 e. The van der Waals surface area contributed by atoms with Gasteiger partial charge in [0, 0.05) is 42.8 Å². The van der Waals surface area contributed by atoms with Crippen molar-refractivity contribution in [1.29, 1.82) is 0 Å². The molecule has 1 saturated heterocycles. The van der Waals surface area contributed by atoms with E-state index in [1.54, 1.807) is 17.0 Å². The number of hydrogen-bond acceptors (Lipinski definition) is 2. The number of carbonyl (C=O) groups excluding carboxylic acids is 2. The van der Waals surface area contributed by atoms with Crippen molar-refractivity contribution in [3.8, 4) is 0 Å². The third-order valence-electron chi connectivity index (χ3n) is 5.60. The van der Waals surface area contributed by atoms with E-state index >= 15 is 0 Å². The van der Waals surface area contributed by atoms with E-state index in [0.29, 0.717) is 39.0 Å². The van der Waals surface area contributed by atoms with Crippen molar-refractivity contribution in [1.82, 2.24) is 14.8 Å². The van der Waals surface area contributed by atoms with Gasteiger partial charge in [-0.2, -0.15) is 0 Å². The second-order valence-electron chi connectivity index (χ2n) is 7.46. The highest BCUT2D eigenvalue weighted by Crippen LogP contribution is 2.23. The number of amides is 2. The number of para-hydroxylation sites is 1. The summed E-state index contributed by atoms with van der Waals surface area (Å²) in [7, 11) is 0. The van der Waals surface area contributed by atoms with Crippen LogP contribution < -0.4 is 0 Å². The molecule has 2 aromatic carbocycles. The zero-order chi connectivity index (χ0) is 20.4. The fourth-order valence-electron chi connectivity index (χ4n) is 4.00. The zero-order valence-electron chi connectivity index (χ0n) is 16.5. The van der Waals surface area contributed by atoms with Gasteiger partial charge < -0.3 is 14.8 Å². The van der Waals surface area contributed by atoms with Crippen molar-refractivity contribution in [3.63, 3.8) is 0 Å². The summed E-state index contributed by atoms with van der Waals surface area (Å²) in [5.74, 6) is -0.771. The summed E-state index contributed by atoms with van der Waals surface area (Å²) in [4.78, 5) is 32.4. The largest absolute Gasteiger partial charge is 0.358 e. The third-order valence-corrected chi connectivity index (χ3v) is 5.60. The smallest absolute Gasteiger partial charge is 0.256 e. The first-order valence-corrected chi connectivity index (χ1v) is 9.92. The van der Waals surface area contributed by atoms with Gasteiger partial charge in [-0.1, -0.05) is 30.3 Å². The lowest BCUT2D eigenvalue weighted by atomic mass is 10.1. The number of nitrogens with one attached hydrogen (secondary N) is 1. The first-order chi connectivity index (χ1) is 14.0. The number of aromatic nitrogens is 1. The van der Waals surface area contributed by atoms with E-state index in [9.17, 15) is 14.0 Å². The summed E-state index contributed by atoms with van der Waals surface area (Å²) >= 11 is 0. The summed E-state index contributed by atoms with van der Waals surface area (Å²) < 4.78 is 14.0. The Morgan fingerprint density at radius 2 is 1.66 bits per heavy atom. The number of fused-ring (bicyclic) bond motifs is 1. The molecule has 1 N–H and O–H groups in total. The molecule has 5 nitrogen and oxygen atoms in total. The zero-order valence-corrected chi connectivity index (χ0v) is 16.5. The van der Waals surface area contributed by atoms with E-state index in [1.807, 2.05) is 36.1 Å². The lowest BCUT2D eigenvalue weighted by Gasteiger charge is -2.22. The molecule has 0 saturated carbocycles. The van der Waals surface area contributed by atoms with Crippen LogP contribution in [-0.4, -0.2) is 52.8 Å². The molecule has 150 valence electrons. The van der Waals surface area contributed by atoms with Crippen LogP contribution in [0.1, 0.15) is 28.0 Å².